The van der Waals surface area contributed by atoms with Crippen LogP contribution in [0.25, 0.3) is 11.0 Å². The van der Waals surface area contributed by atoms with Gasteiger partial charge < -0.3 is 5.11 Å². The third-order valence-corrected chi connectivity index (χ3v) is 3.40. The van der Waals surface area contributed by atoms with E-state index in [1.165, 1.54) is 0 Å². The first kappa shape index (κ1) is 13.0. The Bertz CT molecular complexity index is 728. The molecule has 0 aliphatic carbocycles. The fourth-order valence-electron chi connectivity index (χ4n) is 2.08. The molecule has 0 fully saturated rings. The second-order valence-electron chi connectivity index (χ2n) is 4.63. The van der Waals surface area contributed by atoms with Gasteiger partial charge in [-0.25, -0.2) is 4.98 Å². The van der Waals surface area contributed by atoms with Gasteiger partial charge in [0.1, 0.15) is 6.10 Å². The summed E-state index contributed by atoms with van der Waals surface area (Å²) in [5.74, 6) is 0. The van der Waals surface area contributed by atoms with Crippen LogP contribution in [-0.4, -0.2) is 15.1 Å². The Labute approximate surface area is 121 Å². The molecule has 3 rings (SSSR count). The molecule has 100 valence electrons. The van der Waals surface area contributed by atoms with Crippen molar-refractivity contribution < 1.29 is 5.11 Å². The number of hydrogen-bond acceptors (Lipinski definition) is 3. The highest BCUT2D eigenvalue weighted by molar-refractivity contribution is 6.30. The maximum atomic E-state index is 10.3. The van der Waals surface area contributed by atoms with Crippen LogP contribution in [0.2, 0.25) is 5.02 Å². The summed E-state index contributed by atoms with van der Waals surface area (Å²) in [5.41, 5.74) is 3.21. The zero-order valence-electron chi connectivity index (χ0n) is 10.7. The highest BCUT2D eigenvalue weighted by Crippen LogP contribution is 2.19. The summed E-state index contributed by atoms with van der Waals surface area (Å²) < 4.78 is 0. The van der Waals surface area contributed by atoms with Crippen molar-refractivity contribution in [2.24, 2.45) is 0 Å². The van der Waals surface area contributed by atoms with E-state index in [2.05, 4.69) is 9.97 Å². The van der Waals surface area contributed by atoms with Crippen LogP contribution >= 0.6 is 11.6 Å². The van der Waals surface area contributed by atoms with E-state index in [1.807, 2.05) is 48.5 Å². The Morgan fingerprint density at radius 2 is 1.70 bits per heavy atom. The summed E-state index contributed by atoms with van der Waals surface area (Å²) in [6.45, 7) is 0. The molecule has 0 spiro atoms. The van der Waals surface area contributed by atoms with E-state index in [9.17, 15) is 5.11 Å². The van der Waals surface area contributed by atoms with Crippen molar-refractivity contribution in [2.45, 2.75) is 12.5 Å². The quantitative estimate of drug-likeness (QED) is 0.800. The average molecular weight is 285 g/mol. The topological polar surface area (TPSA) is 46.0 Å². The molecule has 0 radical (unpaired) electrons. The minimum absolute atomic E-state index is 0.490. The highest BCUT2D eigenvalue weighted by Gasteiger charge is 2.11. The average Bonchev–Trinajstić information content (AvgIpc) is 2.49. The van der Waals surface area contributed by atoms with Gasteiger partial charge in [0, 0.05) is 11.4 Å². The van der Waals surface area contributed by atoms with E-state index in [-0.39, 0.29) is 0 Å². The van der Waals surface area contributed by atoms with Crippen molar-refractivity contribution >= 4 is 22.6 Å². The molecule has 4 heteroatoms. The van der Waals surface area contributed by atoms with Crippen molar-refractivity contribution in [1.29, 1.82) is 0 Å². The van der Waals surface area contributed by atoms with Gasteiger partial charge in [-0.15, -0.1) is 0 Å². The number of para-hydroxylation sites is 2. The van der Waals surface area contributed by atoms with Crippen LogP contribution in [0.3, 0.4) is 0 Å². The Morgan fingerprint density at radius 3 is 2.45 bits per heavy atom. The molecule has 1 heterocycles. The predicted octanol–water partition coefficient (Wildman–Crippen LogP) is 3.56. The third-order valence-electron chi connectivity index (χ3n) is 3.15. The predicted molar refractivity (Wildman–Crippen MR) is 79.7 cm³/mol. The van der Waals surface area contributed by atoms with Crippen LogP contribution in [0.15, 0.2) is 54.7 Å². The second-order valence-corrected chi connectivity index (χ2v) is 5.07. The van der Waals surface area contributed by atoms with Crippen LogP contribution in [-0.2, 0) is 6.42 Å². The van der Waals surface area contributed by atoms with Crippen LogP contribution in [0, 0.1) is 0 Å². The molecule has 20 heavy (non-hydrogen) atoms. The molecule has 1 aromatic heterocycles. The zero-order chi connectivity index (χ0) is 13.9. The molecule has 1 unspecified atom stereocenters. The lowest BCUT2D eigenvalue weighted by atomic mass is 10.1. The number of aliphatic hydroxyl groups is 1. The van der Waals surface area contributed by atoms with E-state index in [0.29, 0.717) is 17.1 Å². The van der Waals surface area contributed by atoms with E-state index in [0.717, 1.165) is 16.6 Å². The summed E-state index contributed by atoms with van der Waals surface area (Å²) in [7, 11) is 0. The molecule has 0 aliphatic rings. The summed E-state index contributed by atoms with van der Waals surface area (Å²) >= 11 is 5.85. The summed E-state index contributed by atoms with van der Waals surface area (Å²) in [6, 6.07) is 15.1. The highest BCUT2D eigenvalue weighted by atomic mass is 35.5. The Balaban J connectivity index is 1.84. The number of rotatable bonds is 3. The standard InChI is InChI=1S/C16H13ClN2O/c17-12-7-5-11(6-8-12)9-16(20)15-10-18-13-3-1-2-4-14(13)19-15/h1-8,10,16,20H,9H2. The van der Waals surface area contributed by atoms with Gasteiger partial charge in [-0.05, 0) is 29.8 Å². The van der Waals surface area contributed by atoms with Gasteiger partial charge in [-0.2, -0.15) is 0 Å². The SMILES string of the molecule is OC(Cc1ccc(Cl)cc1)c1cnc2ccccc2n1. The lowest BCUT2D eigenvalue weighted by molar-refractivity contribution is 0.173. The van der Waals surface area contributed by atoms with Gasteiger partial charge in [-0.1, -0.05) is 35.9 Å². The van der Waals surface area contributed by atoms with Crippen molar-refractivity contribution in [3.8, 4) is 0 Å². The number of benzene rings is 2. The molecule has 3 aromatic rings. The van der Waals surface area contributed by atoms with Crippen LogP contribution in [0.1, 0.15) is 17.4 Å². The van der Waals surface area contributed by atoms with E-state index in [1.54, 1.807) is 6.20 Å². The van der Waals surface area contributed by atoms with E-state index < -0.39 is 6.10 Å². The number of aliphatic hydroxyl groups excluding tert-OH is 1. The first-order valence-electron chi connectivity index (χ1n) is 6.36. The minimum Gasteiger partial charge on any atom is -0.386 e. The second kappa shape index (κ2) is 5.57. The van der Waals surface area contributed by atoms with Crippen molar-refractivity contribution in [1.82, 2.24) is 9.97 Å². The van der Waals surface area contributed by atoms with Gasteiger partial charge in [-0.3, -0.25) is 4.98 Å². The molecule has 2 aromatic carbocycles. The molecule has 0 bridgehead atoms. The molecule has 0 saturated carbocycles. The van der Waals surface area contributed by atoms with Gasteiger partial charge in [0.25, 0.3) is 0 Å². The fraction of sp³-hybridized carbons (Fsp3) is 0.125. The lowest BCUT2D eigenvalue weighted by Crippen LogP contribution is -2.05. The molecular weight excluding hydrogens is 272 g/mol. The minimum atomic E-state index is -0.673. The summed E-state index contributed by atoms with van der Waals surface area (Å²) in [4.78, 5) is 8.76. The monoisotopic (exact) mass is 284 g/mol. The maximum absolute atomic E-state index is 10.3. The van der Waals surface area contributed by atoms with Crippen LogP contribution in [0.4, 0.5) is 0 Å². The van der Waals surface area contributed by atoms with Crippen molar-refractivity contribution in [3.63, 3.8) is 0 Å². The first-order chi connectivity index (χ1) is 9.72. The summed E-state index contributed by atoms with van der Waals surface area (Å²) in [6.07, 6.45) is 1.45. The zero-order valence-corrected chi connectivity index (χ0v) is 11.5. The normalized spacial score (nSPS) is 12.5. The van der Waals surface area contributed by atoms with Gasteiger partial charge >= 0.3 is 0 Å². The number of nitrogens with zero attached hydrogens (tertiary/aromatic N) is 2. The van der Waals surface area contributed by atoms with Gasteiger partial charge in [0.15, 0.2) is 0 Å². The fourth-order valence-corrected chi connectivity index (χ4v) is 2.21. The largest absolute Gasteiger partial charge is 0.386 e. The number of fused-ring (bicyclic) bond motifs is 1. The Morgan fingerprint density at radius 1 is 1.00 bits per heavy atom. The first-order valence-corrected chi connectivity index (χ1v) is 6.74. The van der Waals surface area contributed by atoms with Crippen molar-refractivity contribution in [2.75, 3.05) is 0 Å². The van der Waals surface area contributed by atoms with Gasteiger partial charge in [0.2, 0.25) is 0 Å². The van der Waals surface area contributed by atoms with Crippen LogP contribution < -0.4 is 0 Å². The lowest BCUT2D eigenvalue weighted by Gasteiger charge is -2.10. The van der Waals surface area contributed by atoms with Crippen LogP contribution in [0.5, 0.6) is 0 Å². The molecule has 0 saturated heterocycles. The third kappa shape index (κ3) is 2.79. The van der Waals surface area contributed by atoms with E-state index in [4.69, 9.17) is 11.6 Å². The summed E-state index contributed by atoms with van der Waals surface area (Å²) in [5, 5.41) is 11.0. The molecule has 1 atom stereocenters. The van der Waals surface area contributed by atoms with Crippen molar-refractivity contribution in [3.05, 3.63) is 71.0 Å². The maximum Gasteiger partial charge on any atom is 0.102 e. The smallest absolute Gasteiger partial charge is 0.102 e. The molecule has 3 nitrogen and oxygen atoms in total. The Kier molecular flexibility index (Phi) is 3.63. The Hall–Kier alpha value is -1.97. The number of aromatic nitrogens is 2. The van der Waals surface area contributed by atoms with E-state index >= 15 is 0 Å². The molecule has 0 amide bonds. The number of halogens is 1. The molecule has 0 aliphatic heterocycles. The van der Waals surface area contributed by atoms with Gasteiger partial charge in [0.05, 0.1) is 22.9 Å². The number of hydrogen-bond donors (Lipinski definition) is 1. The molecule has 1 N–H and O–H groups in total. The molecular formula is C16H13ClN2O.